The molecule has 5 nitrogen and oxygen atoms in total. The summed E-state index contributed by atoms with van der Waals surface area (Å²) in [5.41, 5.74) is 4.79. The van der Waals surface area contributed by atoms with Gasteiger partial charge in [-0.15, -0.1) is 0 Å². The summed E-state index contributed by atoms with van der Waals surface area (Å²) < 4.78 is 44.7. The zero-order chi connectivity index (χ0) is 17.9. The van der Waals surface area contributed by atoms with Gasteiger partial charge in [-0.05, 0) is 24.7 Å². The number of hydrogen-bond acceptors (Lipinski definition) is 5. The molecule has 0 spiro atoms. The average Bonchev–Trinajstić information content (AvgIpc) is 2.50. The second kappa shape index (κ2) is 7.81. The Morgan fingerprint density at radius 3 is 2.79 bits per heavy atom. The van der Waals surface area contributed by atoms with Crippen molar-refractivity contribution in [3.05, 3.63) is 27.7 Å². The summed E-state index contributed by atoms with van der Waals surface area (Å²) in [6.07, 6.45) is -5.05. The van der Waals surface area contributed by atoms with E-state index in [0.29, 0.717) is 29.7 Å². The van der Waals surface area contributed by atoms with Crippen LogP contribution in [0.15, 0.2) is 16.6 Å². The van der Waals surface area contributed by atoms with Gasteiger partial charge in [-0.1, -0.05) is 15.9 Å². The Hall–Kier alpha value is -1.16. The van der Waals surface area contributed by atoms with Gasteiger partial charge in [0.05, 0.1) is 18.7 Å². The molecule has 1 aromatic carbocycles. The Morgan fingerprint density at radius 1 is 1.50 bits per heavy atom. The second-order valence-corrected chi connectivity index (χ2v) is 6.64. The molecule has 9 heteroatoms. The molecule has 3 N–H and O–H groups in total. The fourth-order valence-corrected chi connectivity index (χ4v) is 3.03. The van der Waals surface area contributed by atoms with Crippen LogP contribution < -0.4 is 11.1 Å². The maximum atomic E-state index is 13.0. The fourth-order valence-electron chi connectivity index (χ4n) is 2.53. The maximum absolute atomic E-state index is 13.0. The van der Waals surface area contributed by atoms with Gasteiger partial charge in [0.2, 0.25) is 0 Å². The van der Waals surface area contributed by atoms with Gasteiger partial charge in [0.15, 0.2) is 5.78 Å². The predicted molar refractivity (Wildman–Crippen MR) is 87.5 cm³/mol. The Balaban J connectivity index is 2.07. The van der Waals surface area contributed by atoms with Gasteiger partial charge in [-0.2, -0.15) is 13.2 Å². The third kappa shape index (κ3) is 4.92. The van der Waals surface area contributed by atoms with E-state index in [0.717, 1.165) is 6.07 Å². The molecule has 1 saturated heterocycles. The second-order valence-electron chi connectivity index (χ2n) is 5.73. The Morgan fingerprint density at radius 2 is 2.21 bits per heavy atom. The summed E-state index contributed by atoms with van der Waals surface area (Å²) in [6.45, 7) is 1.81. The summed E-state index contributed by atoms with van der Waals surface area (Å²) in [7, 11) is 1.65. The molecule has 1 fully saturated rings. The zero-order valence-electron chi connectivity index (χ0n) is 13.1. The predicted octanol–water partition coefficient (Wildman–Crippen LogP) is 2.04. The van der Waals surface area contributed by atoms with Gasteiger partial charge in [-0.25, -0.2) is 0 Å². The molecule has 1 unspecified atom stereocenters. The number of nitrogens with one attached hydrogen (secondary N) is 1. The van der Waals surface area contributed by atoms with E-state index in [4.69, 9.17) is 10.5 Å². The van der Waals surface area contributed by atoms with Crippen molar-refractivity contribution < 1.29 is 22.7 Å². The molecule has 0 amide bonds. The highest BCUT2D eigenvalue weighted by Gasteiger charge is 2.34. The Kier molecular flexibility index (Phi) is 6.24. The molecule has 1 aliphatic rings. The van der Waals surface area contributed by atoms with Gasteiger partial charge in [0, 0.05) is 29.8 Å². The van der Waals surface area contributed by atoms with Gasteiger partial charge >= 0.3 is 6.18 Å². The van der Waals surface area contributed by atoms with Crippen LogP contribution in [0.25, 0.3) is 0 Å². The number of ketones is 1. The summed E-state index contributed by atoms with van der Waals surface area (Å²) in [4.78, 5) is 13.8. The first-order valence-corrected chi connectivity index (χ1v) is 8.16. The summed E-state index contributed by atoms with van der Waals surface area (Å²) in [6, 6.07) is 2.48. The van der Waals surface area contributed by atoms with Crippen LogP contribution in [-0.4, -0.2) is 50.1 Å². The molecule has 1 aliphatic heterocycles. The molecule has 0 saturated carbocycles. The number of benzene rings is 1. The van der Waals surface area contributed by atoms with Crippen LogP contribution in [0.2, 0.25) is 0 Å². The number of halogens is 4. The van der Waals surface area contributed by atoms with Crippen molar-refractivity contribution >= 4 is 27.4 Å². The molecule has 134 valence electrons. The van der Waals surface area contributed by atoms with E-state index in [1.807, 2.05) is 0 Å². The lowest BCUT2D eigenvalue weighted by Gasteiger charge is -2.25. The number of alkyl halides is 3. The molecule has 1 heterocycles. The number of anilines is 1. The molecule has 1 atom stereocenters. The largest absolute Gasteiger partial charge is 0.418 e. The molecule has 0 aromatic heterocycles. The Labute approximate surface area is 146 Å². The molecular weight excluding hydrogens is 391 g/mol. The van der Waals surface area contributed by atoms with Crippen molar-refractivity contribution in [2.24, 2.45) is 0 Å². The number of nitrogens with two attached hydrogens (primary N) is 1. The van der Waals surface area contributed by atoms with Crippen molar-refractivity contribution in [2.45, 2.75) is 18.8 Å². The number of hydrogen-bond donors (Lipinski definition) is 2. The highest BCUT2D eigenvalue weighted by molar-refractivity contribution is 9.10. The smallest absolute Gasteiger partial charge is 0.398 e. The Bertz CT molecular complexity index is 604. The van der Waals surface area contributed by atoms with Crippen molar-refractivity contribution in [2.75, 3.05) is 39.0 Å². The fraction of sp³-hybridized carbons (Fsp3) is 0.533. The van der Waals surface area contributed by atoms with Crippen LogP contribution in [0.3, 0.4) is 0 Å². The molecule has 1 aromatic rings. The minimum absolute atomic E-state index is 0.0691. The monoisotopic (exact) mass is 409 g/mol. The van der Waals surface area contributed by atoms with Gasteiger partial charge in [0.25, 0.3) is 0 Å². The van der Waals surface area contributed by atoms with Crippen LogP contribution >= 0.6 is 15.9 Å². The first-order valence-electron chi connectivity index (χ1n) is 7.37. The SMILES string of the molecule is CN(CC(=O)C1CNCCO1)Cc1cc(Br)cc(C(F)(F)F)c1N. The first kappa shape index (κ1) is 19.2. The summed E-state index contributed by atoms with van der Waals surface area (Å²) >= 11 is 3.07. The molecule has 0 radical (unpaired) electrons. The van der Waals surface area contributed by atoms with E-state index < -0.39 is 17.8 Å². The van der Waals surface area contributed by atoms with E-state index in [1.165, 1.54) is 6.07 Å². The number of morpholine rings is 1. The summed E-state index contributed by atoms with van der Waals surface area (Å²) in [5.74, 6) is -0.116. The average molecular weight is 410 g/mol. The standard InChI is InChI=1S/C15H19BrF3N3O2/c1-22(8-12(23)13-6-21-2-3-24-13)7-9-4-10(16)5-11(14(9)20)15(17,18)19/h4-5,13,21H,2-3,6-8,20H2,1H3. The number of Topliss-reactive ketones (excluding diaryl/α,β-unsaturated/α-hetero) is 1. The third-order valence-corrected chi connectivity index (χ3v) is 4.15. The number of nitrogens with zero attached hydrogens (tertiary/aromatic N) is 1. The molecular formula is C15H19BrF3N3O2. The van der Waals surface area contributed by atoms with Crippen molar-refractivity contribution in [1.29, 1.82) is 0 Å². The van der Waals surface area contributed by atoms with Crippen LogP contribution in [0.4, 0.5) is 18.9 Å². The van der Waals surface area contributed by atoms with Gasteiger partial charge in [0.1, 0.15) is 6.10 Å². The van der Waals surface area contributed by atoms with Gasteiger partial charge in [-0.3, -0.25) is 9.69 Å². The van der Waals surface area contributed by atoms with E-state index in [1.54, 1.807) is 11.9 Å². The van der Waals surface area contributed by atoms with E-state index in [9.17, 15) is 18.0 Å². The van der Waals surface area contributed by atoms with Crippen molar-refractivity contribution in [3.63, 3.8) is 0 Å². The molecule has 24 heavy (non-hydrogen) atoms. The van der Waals surface area contributed by atoms with Crippen LogP contribution in [0, 0.1) is 0 Å². The van der Waals surface area contributed by atoms with Crippen LogP contribution in [-0.2, 0) is 22.3 Å². The number of nitrogen functional groups attached to an aromatic ring is 1. The van der Waals surface area contributed by atoms with Crippen molar-refractivity contribution in [3.8, 4) is 0 Å². The van der Waals surface area contributed by atoms with E-state index in [-0.39, 0.29) is 24.6 Å². The number of ether oxygens (including phenoxy) is 1. The number of carbonyl (C=O) groups is 1. The lowest BCUT2D eigenvalue weighted by Crippen LogP contribution is -2.46. The topological polar surface area (TPSA) is 67.6 Å². The first-order chi connectivity index (χ1) is 11.2. The number of rotatable bonds is 5. The molecule has 0 aliphatic carbocycles. The highest BCUT2D eigenvalue weighted by atomic mass is 79.9. The van der Waals surface area contributed by atoms with Crippen molar-refractivity contribution in [1.82, 2.24) is 10.2 Å². The highest BCUT2D eigenvalue weighted by Crippen LogP contribution is 2.37. The normalized spacial score (nSPS) is 18.8. The third-order valence-electron chi connectivity index (χ3n) is 3.69. The van der Waals surface area contributed by atoms with Gasteiger partial charge < -0.3 is 15.8 Å². The van der Waals surface area contributed by atoms with Crippen LogP contribution in [0.1, 0.15) is 11.1 Å². The van der Waals surface area contributed by atoms with E-state index in [2.05, 4.69) is 21.2 Å². The molecule has 2 rings (SSSR count). The summed E-state index contributed by atoms with van der Waals surface area (Å²) in [5, 5.41) is 3.06. The minimum atomic E-state index is -4.53. The number of likely N-dealkylation sites (N-methyl/N-ethyl adjacent to an activating group) is 1. The number of carbonyl (C=O) groups excluding carboxylic acids is 1. The minimum Gasteiger partial charge on any atom is -0.398 e. The zero-order valence-corrected chi connectivity index (χ0v) is 14.7. The molecule has 0 bridgehead atoms. The lowest BCUT2D eigenvalue weighted by atomic mass is 10.1. The maximum Gasteiger partial charge on any atom is 0.418 e. The lowest BCUT2D eigenvalue weighted by molar-refractivity contribution is -0.137. The quantitative estimate of drug-likeness (QED) is 0.728. The van der Waals surface area contributed by atoms with E-state index >= 15 is 0 Å². The van der Waals surface area contributed by atoms with Crippen LogP contribution in [0.5, 0.6) is 0 Å².